The van der Waals surface area contributed by atoms with Crippen molar-refractivity contribution in [2.75, 3.05) is 13.2 Å². The highest BCUT2D eigenvalue weighted by Gasteiger charge is 2.44. The lowest BCUT2D eigenvalue weighted by atomic mass is 9.90. The second-order valence-electron chi connectivity index (χ2n) is 7.39. The molecule has 0 amide bonds. The summed E-state index contributed by atoms with van der Waals surface area (Å²) in [5.74, 6) is 1.44. The zero-order valence-electron chi connectivity index (χ0n) is 15.6. The van der Waals surface area contributed by atoms with Crippen molar-refractivity contribution in [3.05, 3.63) is 53.6 Å². The Balaban J connectivity index is 1.42. The average molecular weight is 404 g/mol. The lowest BCUT2D eigenvalue weighted by Crippen LogP contribution is -2.60. The highest BCUT2D eigenvalue weighted by molar-refractivity contribution is 5.43. The van der Waals surface area contributed by atoms with E-state index < -0.39 is 37.3 Å². The fourth-order valence-corrected chi connectivity index (χ4v) is 3.69. The molecular formula is C21H24O8. The highest BCUT2D eigenvalue weighted by Crippen LogP contribution is 2.35. The number of aliphatic hydroxyl groups is 4. The van der Waals surface area contributed by atoms with Crippen LogP contribution < -0.4 is 9.47 Å². The molecule has 0 radical (unpaired) electrons. The number of rotatable bonds is 4. The standard InChI is InChI=1S/C21H24O8/c22-9-17-18(24)19(25)20(26)21(29-17)28-15-5-2-11(3-6-15)13-7-12-1-4-14(23)8-16(12)27-10-13/h1-6,8,13,17-26H,7,9-10H2/t13-,17?,18+,19-,20?,21-/m0/s1. The Morgan fingerprint density at radius 3 is 2.45 bits per heavy atom. The van der Waals surface area contributed by atoms with Crippen LogP contribution in [-0.2, 0) is 11.2 Å². The Hall–Kier alpha value is -2.36. The van der Waals surface area contributed by atoms with Crippen molar-refractivity contribution in [3.8, 4) is 17.2 Å². The molecule has 1 saturated heterocycles. The number of ether oxygens (including phenoxy) is 3. The normalized spacial score (nSPS) is 31.6. The van der Waals surface area contributed by atoms with Gasteiger partial charge in [-0.05, 0) is 35.7 Å². The molecule has 2 aliphatic heterocycles. The van der Waals surface area contributed by atoms with E-state index in [2.05, 4.69) is 0 Å². The lowest BCUT2D eigenvalue weighted by molar-refractivity contribution is -0.277. The molecule has 5 N–H and O–H groups in total. The number of phenolic OH excluding ortho intramolecular Hbond substituents is 1. The molecule has 8 nitrogen and oxygen atoms in total. The van der Waals surface area contributed by atoms with Crippen LogP contribution >= 0.6 is 0 Å². The Morgan fingerprint density at radius 1 is 0.966 bits per heavy atom. The predicted octanol–water partition coefficient (Wildman–Crippen LogP) is 0.290. The molecule has 29 heavy (non-hydrogen) atoms. The number of fused-ring (bicyclic) bond motifs is 1. The molecule has 0 aliphatic carbocycles. The monoisotopic (exact) mass is 404 g/mol. The molecule has 8 heteroatoms. The SMILES string of the molecule is OCC1O[C@H](Oc2ccc([C@@H]3COc4cc(O)ccc4C3)cc2)C(O)[C@@H](O)[C@@H]1O. The zero-order valence-corrected chi connectivity index (χ0v) is 15.6. The Kier molecular flexibility index (Phi) is 5.62. The van der Waals surface area contributed by atoms with Gasteiger partial charge in [0, 0.05) is 12.0 Å². The van der Waals surface area contributed by atoms with E-state index in [1.165, 1.54) is 0 Å². The number of benzene rings is 2. The maximum Gasteiger partial charge on any atom is 0.229 e. The van der Waals surface area contributed by atoms with Crippen LogP contribution in [0.3, 0.4) is 0 Å². The van der Waals surface area contributed by atoms with Gasteiger partial charge in [-0.2, -0.15) is 0 Å². The van der Waals surface area contributed by atoms with Crippen LogP contribution in [0.25, 0.3) is 0 Å². The molecule has 2 aromatic rings. The molecule has 2 unspecified atom stereocenters. The van der Waals surface area contributed by atoms with Crippen LogP contribution in [0.1, 0.15) is 17.0 Å². The van der Waals surface area contributed by atoms with E-state index in [1.807, 2.05) is 18.2 Å². The van der Waals surface area contributed by atoms with Gasteiger partial charge in [-0.3, -0.25) is 0 Å². The van der Waals surface area contributed by atoms with Gasteiger partial charge in [-0.15, -0.1) is 0 Å². The smallest absolute Gasteiger partial charge is 0.229 e. The first kappa shape index (κ1) is 19.9. The maximum atomic E-state index is 10.1. The van der Waals surface area contributed by atoms with Gasteiger partial charge in [-0.25, -0.2) is 0 Å². The molecule has 6 atom stereocenters. The van der Waals surface area contributed by atoms with Gasteiger partial charge >= 0.3 is 0 Å². The average Bonchev–Trinajstić information content (AvgIpc) is 2.74. The summed E-state index contributed by atoms with van der Waals surface area (Å²) in [6.45, 7) is -0.0198. The van der Waals surface area contributed by atoms with Crippen molar-refractivity contribution in [1.29, 1.82) is 0 Å². The summed E-state index contributed by atoms with van der Waals surface area (Å²) in [4.78, 5) is 0. The number of hydrogen-bond acceptors (Lipinski definition) is 8. The van der Waals surface area contributed by atoms with Crippen LogP contribution in [0.5, 0.6) is 17.2 Å². The van der Waals surface area contributed by atoms with Gasteiger partial charge in [0.05, 0.1) is 13.2 Å². The Labute approximate surface area is 167 Å². The summed E-state index contributed by atoms with van der Waals surface area (Å²) in [5, 5.41) is 48.6. The van der Waals surface area contributed by atoms with Crippen molar-refractivity contribution in [1.82, 2.24) is 0 Å². The van der Waals surface area contributed by atoms with Crippen LogP contribution in [0.4, 0.5) is 0 Å². The third-order valence-electron chi connectivity index (χ3n) is 5.41. The summed E-state index contributed by atoms with van der Waals surface area (Å²) in [6, 6.07) is 12.3. The van der Waals surface area contributed by atoms with Gasteiger partial charge in [0.1, 0.15) is 41.7 Å². The second kappa shape index (κ2) is 8.17. The maximum absolute atomic E-state index is 10.1. The Morgan fingerprint density at radius 2 is 1.72 bits per heavy atom. The van der Waals surface area contributed by atoms with E-state index in [9.17, 15) is 25.5 Å². The summed E-state index contributed by atoms with van der Waals surface area (Å²) < 4.78 is 16.7. The molecule has 2 heterocycles. The number of phenols is 1. The molecule has 2 aliphatic rings. The Bertz CT molecular complexity index is 837. The van der Waals surface area contributed by atoms with Gasteiger partial charge in [0.25, 0.3) is 0 Å². The van der Waals surface area contributed by atoms with Crippen LogP contribution in [-0.4, -0.2) is 69.5 Å². The molecule has 0 saturated carbocycles. The predicted molar refractivity (Wildman–Crippen MR) is 101 cm³/mol. The highest BCUT2D eigenvalue weighted by atomic mass is 16.7. The van der Waals surface area contributed by atoms with Gasteiger partial charge in [0.2, 0.25) is 6.29 Å². The summed E-state index contributed by atoms with van der Waals surface area (Å²) in [6.07, 6.45) is -5.81. The number of aliphatic hydroxyl groups excluding tert-OH is 4. The minimum Gasteiger partial charge on any atom is -0.508 e. The van der Waals surface area contributed by atoms with E-state index in [1.54, 1.807) is 24.3 Å². The fraction of sp³-hybridized carbons (Fsp3) is 0.429. The van der Waals surface area contributed by atoms with Crippen LogP contribution in [0.15, 0.2) is 42.5 Å². The van der Waals surface area contributed by atoms with E-state index in [0.29, 0.717) is 18.1 Å². The zero-order chi connectivity index (χ0) is 20.5. The van der Waals surface area contributed by atoms with Crippen molar-refractivity contribution < 1.29 is 39.7 Å². The first-order valence-electron chi connectivity index (χ1n) is 9.48. The van der Waals surface area contributed by atoms with Crippen molar-refractivity contribution in [2.24, 2.45) is 0 Å². The van der Waals surface area contributed by atoms with E-state index >= 15 is 0 Å². The summed E-state index contributed by atoms with van der Waals surface area (Å²) in [5.41, 5.74) is 2.07. The van der Waals surface area contributed by atoms with E-state index in [4.69, 9.17) is 14.2 Å². The van der Waals surface area contributed by atoms with Crippen molar-refractivity contribution in [2.45, 2.75) is 43.0 Å². The molecule has 156 valence electrons. The fourth-order valence-electron chi connectivity index (χ4n) is 3.69. The number of hydrogen-bond donors (Lipinski definition) is 5. The minimum atomic E-state index is -1.48. The van der Waals surface area contributed by atoms with E-state index in [-0.39, 0.29) is 11.7 Å². The topological polar surface area (TPSA) is 129 Å². The van der Waals surface area contributed by atoms with E-state index in [0.717, 1.165) is 17.5 Å². The van der Waals surface area contributed by atoms with Crippen molar-refractivity contribution in [3.63, 3.8) is 0 Å². The molecule has 4 rings (SSSR count). The molecule has 0 spiro atoms. The quantitative estimate of drug-likeness (QED) is 0.492. The van der Waals surface area contributed by atoms with Gasteiger partial charge in [-0.1, -0.05) is 18.2 Å². The molecule has 1 fully saturated rings. The van der Waals surface area contributed by atoms with Crippen LogP contribution in [0, 0.1) is 0 Å². The largest absolute Gasteiger partial charge is 0.508 e. The van der Waals surface area contributed by atoms with Crippen LogP contribution in [0.2, 0.25) is 0 Å². The first-order valence-corrected chi connectivity index (χ1v) is 9.48. The van der Waals surface area contributed by atoms with Gasteiger partial charge < -0.3 is 39.7 Å². The second-order valence-corrected chi connectivity index (χ2v) is 7.39. The minimum absolute atomic E-state index is 0.147. The molecule has 2 aromatic carbocycles. The lowest BCUT2D eigenvalue weighted by Gasteiger charge is -2.39. The van der Waals surface area contributed by atoms with Crippen molar-refractivity contribution >= 4 is 0 Å². The molecular weight excluding hydrogens is 380 g/mol. The third-order valence-corrected chi connectivity index (χ3v) is 5.41. The number of aromatic hydroxyl groups is 1. The third kappa shape index (κ3) is 4.03. The first-order chi connectivity index (χ1) is 14.0. The summed E-state index contributed by atoms with van der Waals surface area (Å²) >= 11 is 0. The molecule has 0 bridgehead atoms. The molecule has 0 aromatic heterocycles. The van der Waals surface area contributed by atoms with Gasteiger partial charge in [0.15, 0.2) is 0 Å². The summed E-state index contributed by atoms with van der Waals surface area (Å²) in [7, 11) is 0.